The molecule has 0 unspecified atom stereocenters. The highest BCUT2D eigenvalue weighted by Gasteiger charge is 2.29. The van der Waals surface area contributed by atoms with Crippen LogP contribution in [0, 0.1) is 11.3 Å². The molecular weight excluding hydrogens is 418 g/mol. The van der Waals surface area contributed by atoms with Crippen LogP contribution in [0.5, 0.6) is 0 Å². The molecule has 1 saturated carbocycles. The van der Waals surface area contributed by atoms with Crippen molar-refractivity contribution in [3.05, 3.63) is 83.7 Å². The minimum absolute atomic E-state index is 0.488. The summed E-state index contributed by atoms with van der Waals surface area (Å²) in [5.74, 6) is 1.97. The van der Waals surface area contributed by atoms with Gasteiger partial charge in [0, 0.05) is 30.2 Å². The van der Waals surface area contributed by atoms with Crippen molar-refractivity contribution in [1.82, 2.24) is 9.97 Å². The number of hydrogen-bond donors (Lipinski definition) is 2. The van der Waals surface area contributed by atoms with Gasteiger partial charge in [0.25, 0.3) is 0 Å². The van der Waals surface area contributed by atoms with E-state index in [9.17, 15) is 0 Å². The van der Waals surface area contributed by atoms with Gasteiger partial charge in [-0.15, -0.1) is 0 Å². The minimum atomic E-state index is 0.488. The molecule has 2 N–H and O–H groups in total. The molecule has 5 heteroatoms. The van der Waals surface area contributed by atoms with Crippen LogP contribution in [0.15, 0.2) is 67.0 Å². The molecule has 0 amide bonds. The Hall–Kier alpha value is -3.91. The van der Waals surface area contributed by atoms with Crippen LogP contribution in [-0.4, -0.2) is 23.1 Å². The minimum Gasteiger partial charge on any atom is -0.382 e. The Labute approximate surface area is 200 Å². The second kappa shape index (κ2) is 9.52. The first-order chi connectivity index (χ1) is 16.6. The van der Waals surface area contributed by atoms with Gasteiger partial charge in [-0.05, 0) is 59.6 Å². The summed E-state index contributed by atoms with van der Waals surface area (Å²) in [6, 6.07) is 20.5. The second-order valence-electron chi connectivity index (χ2n) is 9.24. The first-order valence-electron chi connectivity index (χ1n) is 12.0. The average Bonchev–Trinajstić information content (AvgIpc) is 3.71. The molecule has 1 aliphatic carbocycles. The molecule has 34 heavy (non-hydrogen) atoms. The van der Waals surface area contributed by atoms with Crippen LogP contribution in [0.2, 0.25) is 0 Å². The zero-order valence-corrected chi connectivity index (χ0v) is 19.7. The van der Waals surface area contributed by atoms with Gasteiger partial charge in [0.2, 0.25) is 0 Å². The van der Waals surface area contributed by atoms with Crippen molar-refractivity contribution in [3.63, 3.8) is 0 Å². The Bertz CT molecular complexity index is 1330. The Kier molecular flexibility index (Phi) is 6.14. The van der Waals surface area contributed by atoms with Crippen LogP contribution in [-0.2, 0) is 0 Å². The predicted molar refractivity (Wildman–Crippen MR) is 139 cm³/mol. The number of nitrogens with one attached hydrogen (secondary N) is 2. The number of para-hydroxylation sites is 1. The Morgan fingerprint density at radius 3 is 2.41 bits per heavy atom. The lowest BCUT2D eigenvalue weighted by Crippen LogP contribution is -2.15. The first-order valence-corrected chi connectivity index (χ1v) is 12.0. The monoisotopic (exact) mass is 447 g/mol. The third kappa shape index (κ3) is 4.58. The summed E-state index contributed by atoms with van der Waals surface area (Å²) in [5.41, 5.74) is 7.62. The summed E-state index contributed by atoms with van der Waals surface area (Å²) in [7, 11) is 0. The van der Waals surface area contributed by atoms with Crippen molar-refractivity contribution in [1.29, 1.82) is 5.26 Å². The fraction of sp³-hybridized carbons (Fsp3) is 0.276. The van der Waals surface area contributed by atoms with Crippen molar-refractivity contribution < 1.29 is 0 Å². The molecule has 170 valence electrons. The van der Waals surface area contributed by atoms with Crippen molar-refractivity contribution >= 4 is 22.4 Å². The van der Waals surface area contributed by atoms with Gasteiger partial charge >= 0.3 is 0 Å². The molecule has 2 aromatic carbocycles. The molecule has 4 aromatic rings. The van der Waals surface area contributed by atoms with Crippen LogP contribution in [0.3, 0.4) is 0 Å². The summed E-state index contributed by atoms with van der Waals surface area (Å²) in [6.07, 6.45) is 6.38. The highest BCUT2D eigenvalue weighted by molar-refractivity contribution is 5.98. The number of nitriles is 1. The molecule has 2 heterocycles. The molecule has 0 bridgehead atoms. The van der Waals surface area contributed by atoms with E-state index >= 15 is 0 Å². The molecular formula is C29H29N5. The normalized spacial score (nSPS) is 13.1. The number of hydrogen-bond acceptors (Lipinski definition) is 5. The molecule has 0 spiro atoms. The molecule has 1 aliphatic rings. The van der Waals surface area contributed by atoms with Crippen LogP contribution < -0.4 is 10.6 Å². The van der Waals surface area contributed by atoms with Crippen molar-refractivity contribution in [2.45, 2.75) is 38.5 Å². The number of fused-ring (bicyclic) bond motifs is 1. The Balaban J connectivity index is 1.35. The van der Waals surface area contributed by atoms with Gasteiger partial charge in [-0.3, -0.25) is 4.98 Å². The highest BCUT2D eigenvalue weighted by Crippen LogP contribution is 2.47. The maximum absolute atomic E-state index is 9.11. The molecule has 0 radical (unpaired) electrons. The Morgan fingerprint density at radius 2 is 1.74 bits per heavy atom. The van der Waals surface area contributed by atoms with Gasteiger partial charge in [-0.1, -0.05) is 50.2 Å². The number of benzene rings is 2. The standard InChI is InChI=1S/C29H29N5/c1-19(2)23-12-13-27(33-17-23)32-15-14-31-26-18-34-29-24(21-8-6-20(16-30)7-9-21)4-3-5-25(29)28(26)22-10-11-22/h3-9,12-13,17-19,22,31H,10-11,14-15H2,1-2H3,(H,32,33). The van der Waals surface area contributed by atoms with E-state index in [1.807, 2.05) is 42.7 Å². The molecule has 0 atom stereocenters. The van der Waals surface area contributed by atoms with Crippen LogP contribution in [0.1, 0.15) is 55.2 Å². The van der Waals surface area contributed by atoms with Gasteiger partial charge in [-0.25, -0.2) is 4.98 Å². The third-order valence-electron chi connectivity index (χ3n) is 6.45. The lowest BCUT2D eigenvalue weighted by molar-refractivity contribution is 0.858. The van der Waals surface area contributed by atoms with E-state index in [1.165, 1.54) is 29.4 Å². The zero-order valence-electron chi connectivity index (χ0n) is 19.7. The van der Waals surface area contributed by atoms with Gasteiger partial charge in [0.15, 0.2) is 0 Å². The van der Waals surface area contributed by atoms with Crippen molar-refractivity contribution in [2.24, 2.45) is 0 Å². The van der Waals surface area contributed by atoms with Crippen LogP contribution in [0.4, 0.5) is 11.5 Å². The first kappa shape index (κ1) is 21.9. The maximum atomic E-state index is 9.11. The fourth-order valence-corrected chi connectivity index (χ4v) is 4.39. The summed E-state index contributed by atoms with van der Waals surface area (Å²) in [4.78, 5) is 9.40. The van der Waals surface area contributed by atoms with Crippen molar-refractivity contribution in [2.75, 3.05) is 23.7 Å². The molecule has 0 aliphatic heterocycles. The van der Waals surface area contributed by atoms with E-state index in [2.05, 4.69) is 59.8 Å². The number of pyridine rings is 2. The number of aromatic nitrogens is 2. The molecule has 5 nitrogen and oxygen atoms in total. The third-order valence-corrected chi connectivity index (χ3v) is 6.45. The van der Waals surface area contributed by atoms with Gasteiger partial charge in [-0.2, -0.15) is 5.26 Å². The molecule has 1 fully saturated rings. The summed E-state index contributed by atoms with van der Waals surface area (Å²) in [5, 5.41) is 17.3. The van der Waals surface area contributed by atoms with Gasteiger partial charge in [0.05, 0.1) is 29.0 Å². The van der Waals surface area contributed by atoms with E-state index in [4.69, 9.17) is 10.2 Å². The number of rotatable bonds is 8. The summed E-state index contributed by atoms with van der Waals surface area (Å²) < 4.78 is 0. The molecule has 5 rings (SSSR count). The van der Waals surface area contributed by atoms with Gasteiger partial charge < -0.3 is 10.6 Å². The average molecular weight is 448 g/mol. The lowest BCUT2D eigenvalue weighted by atomic mass is 9.96. The highest BCUT2D eigenvalue weighted by atomic mass is 15.0. The Morgan fingerprint density at radius 1 is 0.941 bits per heavy atom. The summed E-state index contributed by atoms with van der Waals surface area (Å²) >= 11 is 0. The van der Waals surface area contributed by atoms with E-state index < -0.39 is 0 Å². The van der Waals surface area contributed by atoms with Crippen LogP contribution >= 0.6 is 0 Å². The van der Waals surface area contributed by atoms with E-state index in [0.29, 0.717) is 17.4 Å². The zero-order chi connectivity index (χ0) is 23.5. The van der Waals surface area contributed by atoms with Gasteiger partial charge in [0.1, 0.15) is 5.82 Å². The number of anilines is 2. The molecule has 2 aromatic heterocycles. The van der Waals surface area contributed by atoms with Crippen molar-refractivity contribution in [3.8, 4) is 17.2 Å². The molecule has 0 saturated heterocycles. The lowest BCUT2D eigenvalue weighted by Gasteiger charge is -2.16. The topological polar surface area (TPSA) is 73.6 Å². The number of nitrogens with zero attached hydrogens (tertiary/aromatic N) is 3. The fourth-order valence-electron chi connectivity index (χ4n) is 4.39. The quantitative estimate of drug-likeness (QED) is 0.294. The smallest absolute Gasteiger partial charge is 0.125 e. The predicted octanol–water partition coefficient (Wildman–Crippen LogP) is 6.69. The van der Waals surface area contributed by atoms with E-state index in [0.717, 1.165) is 41.2 Å². The van der Waals surface area contributed by atoms with E-state index in [1.54, 1.807) is 0 Å². The second-order valence-corrected chi connectivity index (χ2v) is 9.24. The maximum Gasteiger partial charge on any atom is 0.125 e. The SMILES string of the molecule is CC(C)c1ccc(NCCNc2cnc3c(-c4ccc(C#N)cc4)cccc3c2C2CC2)nc1. The largest absolute Gasteiger partial charge is 0.382 e. The van der Waals surface area contributed by atoms with E-state index in [-0.39, 0.29) is 0 Å². The van der Waals surface area contributed by atoms with Crippen LogP contribution in [0.25, 0.3) is 22.0 Å². The summed E-state index contributed by atoms with van der Waals surface area (Å²) in [6.45, 7) is 5.92.